The number of rotatable bonds is 9. The van der Waals surface area contributed by atoms with Crippen molar-refractivity contribution in [1.82, 2.24) is 10.5 Å². The van der Waals surface area contributed by atoms with Crippen LogP contribution in [0.15, 0.2) is 65.2 Å². The zero-order valence-electron chi connectivity index (χ0n) is 16.9. The molecule has 6 heteroatoms. The van der Waals surface area contributed by atoms with E-state index >= 15 is 0 Å². The Morgan fingerprint density at radius 2 is 1.83 bits per heavy atom. The molecule has 1 aliphatic heterocycles. The van der Waals surface area contributed by atoms with Crippen LogP contribution in [0.1, 0.15) is 17.0 Å². The lowest BCUT2D eigenvalue weighted by Crippen LogP contribution is -2.61. The fourth-order valence-electron chi connectivity index (χ4n) is 3.34. The average Bonchev–Trinajstić information content (AvgIpc) is 3.17. The maximum Gasteiger partial charge on any atom is 0.174 e. The zero-order chi connectivity index (χ0) is 20.1. The fourth-order valence-corrected chi connectivity index (χ4v) is 3.34. The smallest absolute Gasteiger partial charge is 0.174 e. The van der Waals surface area contributed by atoms with Gasteiger partial charge >= 0.3 is 0 Å². The average molecular weight is 393 g/mol. The van der Waals surface area contributed by atoms with Gasteiger partial charge in [0.2, 0.25) is 0 Å². The van der Waals surface area contributed by atoms with E-state index in [9.17, 15) is 0 Å². The molecule has 1 fully saturated rings. The van der Waals surface area contributed by atoms with Crippen molar-refractivity contribution in [1.29, 1.82) is 0 Å². The maximum absolute atomic E-state index is 5.73. The highest BCUT2D eigenvalue weighted by Crippen LogP contribution is 2.24. The van der Waals surface area contributed by atoms with Crippen molar-refractivity contribution < 1.29 is 14.0 Å². The molecule has 1 saturated heterocycles. The molecule has 0 radical (unpaired) electrons. The number of ether oxygens (including phenoxy) is 2. The lowest BCUT2D eigenvalue weighted by atomic mass is 9.91. The Bertz CT molecular complexity index is 903. The number of aromatic nitrogens is 1. The van der Waals surface area contributed by atoms with Crippen molar-refractivity contribution in [2.24, 2.45) is 0 Å². The SMILES string of the molecule is CN(C)c1ccc(CNC2(Cc3cc(COc4ccccc4)on3)COC2)cc1. The number of hydrogen-bond acceptors (Lipinski definition) is 6. The number of nitrogens with one attached hydrogen (secondary N) is 1. The van der Waals surface area contributed by atoms with Gasteiger partial charge in [-0.15, -0.1) is 0 Å². The van der Waals surface area contributed by atoms with Crippen molar-refractivity contribution in [3.63, 3.8) is 0 Å². The molecule has 0 aliphatic carbocycles. The molecule has 0 amide bonds. The Kier molecular flexibility index (Phi) is 5.83. The van der Waals surface area contributed by atoms with E-state index in [4.69, 9.17) is 14.0 Å². The third-order valence-corrected chi connectivity index (χ3v) is 5.13. The molecular formula is C23H27N3O3. The predicted octanol–water partition coefficient (Wildman–Crippen LogP) is 3.42. The minimum absolute atomic E-state index is 0.103. The molecule has 6 nitrogen and oxygen atoms in total. The maximum atomic E-state index is 5.73. The molecule has 4 rings (SSSR count). The van der Waals surface area contributed by atoms with E-state index in [1.807, 2.05) is 50.5 Å². The van der Waals surface area contributed by atoms with Crippen LogP contribution in [0, 0.1) is 0 Å². The highest BCUT2D eigenvalue weighted by atomic mass is 16.5. The summed E-state index contributed by atoms with van der Waals surface area (Å²) in [5.41, 5.74) is 3.26. The number of para-hydroxylation sites is 1. The summed E-state index contributed by atoms with van der Waals surface area (Å²) < 4.78 is 16.7. The molecule has 1 aliphatic rings. The fraction of sp³-hybridized carbons (Fsp3) is 0.348. The minimum Gasteiger partial charge on any atom is -0.486 e. The van der Waals surface area contributed by atoms with Crippen LogP contribution in [0.5, 0.6) is 5.75 Å². The quantitative estimate of drug-likeness (QED) is 0.601. The van der Waals surface area contributed by atoms with Crippen molar-refractivity contribution in [2.75, 3.05) is 32.2 Å². The summed E-state index contributed by atoms with van der Waals surface area (Å²) in [7, 11) is 4.09. The first kappa shape index (κ1) is 19.5. The Balaban J connectivity index is 1.32. The van der Waals surface area contributed by atoms with Crippen LogP contribution >= 0.6 is 0 Å². The molecule has 1 aromatic heterocycles. The summed E-state index contributed by atoms with van der Waals surface area (Å²) in [6.07, 6.45) is 0.762. The molecule has 1 N–H and O–H groups in total. The molecule has 0 atom stereocenters. The van der Waals surface area contributed by atoms with Gasteiger partial charge in [-0.2, -0.15) is 0 Å². The van der Waals surface area contributed by atoms with E-state index in [0.29, 0.717) is 19.8 Å². The van der Waals surface area contributed by atoms with Gasteiger partial charge in [-0.1, -0.05) is 35.5 Å². The van der Waals surface area contributed by atoms with Crippen LogP contribution < -0.4 is 15.0 Å². The zero-order valence-corrected chi connectivity index (χ0v) is 16.9. The van der Waals surface area contributed by atoms with Gasteiger partial charge in [0.05, 0.1) is 24.4 Å². The Morgan fingerprint density at radius 3 is 2.48 bits per heavy atom. The molecular weight excluding hydrogens is 366 g/mol. The monoisotopic (exact) mass is 393 g/mol. The third kappa shape index (κ3) is 4.96. The van der Waals surface area contributed by atoms with Crippen molar-refractivity contribution in [3.8, 4) is 5.75 Å². The summed E-state index contributed by atoms with van der Waals surface area (Å²) in [6.45, 7) is 2.50. The van der Waals surface area contributed by atoms with Crippen LogP contribution in [0.2, 0.25) is 0 Å². The first-order chi connectivity index (χ1) is 14.1. The summed E-state index contributed by atoms with van der Waals surface area (Å²) in [4.78, 5) is 2.10. The van der Waals surface area contributed by atoms with Crippen molar-refractivity contribution in [2.45, 2.75) is 25.1 Å². The second kappa shape index (κ2) is 8.68. The van der Waals surface area contributed by atoms with E-state index in [1.54, 1.807) is 0 Å². The first-order valence-corrected chi connectivity index (χ1v) is 9.83. The van der Waals surface area contributed by atoms with Crippen molar-refractivity contribution in [3.05, 3.63) is 77.7 Å². The predicted molar refractivity (Wildman–Crippen MR) is 112 cm³/mol. The highest BCUT2D eigenvalue weighted by Gasteiger charge is 2.39. The minimum atomic E-state index is -0.103. The number of anilines is 1. The Morgan fingerprint density at radius 1 is 1.07 bits per heavy atom. The standard InChI is InChI=1S/C23H27N3O3/c1-26(2)20-10-8-18(9-11-20)14-24-23(16-27-17-23)13-19-12-22(29-25-19)15-28-21-6-4-3-5-7-21/h3-12,24H,13-17H2,1-2H3. The molecule has 29 heavy (non-hydrogen) atoms. The number of benzene rings is 2. The van der Waals surface area contributed by atoms with E-state index in [0.717, 1.165) is 30.2 Å². The van der Waals surface area contributed by atoms with E-state index in [2.05, 4.69) is 39.6 Å². The molecule has 0 bridgehead atoms. The first-order valence-electron chi connectivity index (χ1n) is 9.83. The normalized spacial score (nSPS) is 15.0. The number of hydrogen-bond donors (Lipinski definition) is 1. The van der Waals surface area contributed by atoms with Gasteiger partial charge in [0, 0.05) is 38.8 Å². The third-order valence-electron chi connectivity index (χ3n) is 5.13. The van der Waals surface area contributed by atoms with Crippen LogP contribution in [0.25, 0.3) is 0 Å². The van der Waals surface area contributed by atoms with Gasteiger partial charge in [-0.3, -0.25) is 0 Å². The summed E-state index contributed by atoms with van der Waals surface area (Å²) in [5, 5.41) is 7.89. The summed E-state index contributed by atoms with van der Waals surface area (Å²) in [5.74, 6) is 1.54. The van der Waals surface area contributed by atoms with E-state index < -0.39 is 0 Å². The lowest BCUT2D eigenvalue weighted by molar-refractivity contribution is -0.0755. The molecule has 152 valence electrons. The molecule has 0 saturated carbocycles. The van der Waals surface area contributed by atoms with Crippen LogP contribution in [0.4, 0.5) is 5.69 Å². The number of nitrogens with zero attached hydrogens (tertiary/aromatic N) is 2. The molecule has 2 heterocycles. The molecule has 0 spiro atoms. The van der Waals surface area contributed by atoms with Gasteiger partial charge in [0.1, 0.15) is 12.4 Å². The van der Waals surface area contributed by atoms with Gasteiger partial charge in [0.25, 0.3) is 0 Å². The lowest BCUT2D eigenvalue weighted by Gasteiger charge is -2.42. The van der Waals surface area contributed by atoms with E-state index in [1.165, 1.54) is 11.3 Å². The van der Waals surface area contributed by atoms with Crippen LogP contribution in [-0.4, -0.2) is 38.0 Å². The van der Waals surface area contributed by atoms with Gasteiger partial charge in [0.15, 0.2) is 5.76 Å². The van der Waals surface area contributed by atoms with E-state index in [-0.39, 0.29) is 5.54 Å². The molecule has 3 aromatic rings. The van der Waals surface area contributed by atoms with Crippen LogP contribution in [0.3, 0.4) is 0 Å². The van der Waals surface area contributed by atoms with Gasteiger partial charge < -0.3 is 24.2 Å². The second-order valence-corrected chi connectivity index (χ2v) is 7.75. The van der Waals surface area contributed by atoms with Gasteiger partial charge in [-0.25, -0.2) is 0 Å². The van der Waals surface area contributed by atoms with Crippen LogP contribution in [-0.2, 0) is 24.3 Å². The largest absolute Gasteiger partial charge is 0.486 e. The Hall–Kier alpha value is -2.83. The summed E-state index contributed by atoms with van der Waals surface area (Å²) in [6, 6.07) is 20.3. The van der Waals surface area contributed by atoms with Gasteiger partial charge in [-0.05, 0) is 29.8 Å². The Labute approximate surface area is 171 Å². The second-order valence-electron chi connectivity index (χ2n) is 7.75. The molecule has 0 unspecified atom stereocenters. The molecule has 2 aromatic carbocycles. The highest BCUT2D eigenvalue weighted by molar-refractivity contribution is 5.46. The summed E-state index contributed by atoms with van der Waals surface area (Å²) >= 11 is 0. The van der Waals surface area contributed by atoms with Crippen molar-refractivity contribution >= 4 is 5.69 Å². The topological polar surface area (TPSA) is 59.8 Å².